The number of hydrogen-bond acceptors (Lipinski definition) is 3. The fraction of sp³-hybridized carbons (Fsp3) is 0.647. The molecule has 2 aliphatic rings. The molecule has 0 bridgehead atoms. The highest BCUT2D eigenvalue weighted by Gasteiger charge is 2.42. The molecule has 3 rings (SSSR count). The maximum Gasteiger partial charge on any atom is 0.161 e. The molecule has 0 aromatic heterocycles. The average molecular weight is 275 g/mol. The zero-order chi connectivity index (χ0) is 13.8. The van der Waals surface area contributed by atoms with Gasteiger partial charge >= 0.3 is 0 Å². The van der Waals surface area contributed by atoms with Crippen molar-refractivity contribution in [2.24, 2.45) is 5.41 Å². The molecule has 2 fully saturated rings. The molecule has 1 aromatic rings. The van der Waals surface area contributed by atoms with Crippen LogP contribution < -0.4 is 14.8 Å². The van der Waals surface area contributed by atoms with Gasteiger partial charge in [-0.2, -0.15) is 0 Å². The molecule has 0 radical (unpaired) electrons. The largest absolute Gasteiger partial charge is 0.490 e. The number of benzene rings is 1. The molecule has 0 aliphatic heterocycles. The van der Waals surface area contributed by atoms with Gasteiger partial charge in [-0.15, -0.1) is 0 Å². The van der Waals surface area contributed by atoms with Gasteiger partial charge in [0.05, 0.1) is 13.2 Å². The molecule has 110 valence electrons. The number of ether oxygens (including phenoxy) is 2. The summed E-state index contributed by atoms with van der Waals surface area (Å²) in [6, 6.07) is 8.76. The van der Waals surface area contributed by atoms with E-state index in [0.717, 1.165) is 30.6 Å². The summed E-state index contributed by atoms with van der Waals surface area (Å²) in [4.78, 5) is 0. The number of nitrogens with one attached hydrogen (secondary N) is 1. The van der Waals surface area contributed by atoms with E-state index in [-0.39, 0.29) is 0 Å². The molecule has 0 atom stereocenters. The number of rotatable bonds is 9. The first kappa shape index (κ1) is 13.7. The summed E-state index contributed by atoms with van der Waals surface area (Å²) in [5, 5.41) is 3.66. The third kappa shape index (κ3) is 3.66. The van der Waals surface area contributed by atoms with E-state index in [0.29, 0.717) is 12.0 Å². The lowest BCUT2D eigenvalue weighted by atomic mass is 10.0. The van der Waals surface area contributed by atoms with Crippen molar-refractivity contribution in [3.8, 4) is 11.5 Å². The second-order valence-electron chi connectivity index (χ2n) is 6.13. The smallest absolute Gasteiger partial charge is 0.161 e. The zero-order valence-electron chi connectivity index (χ0n) is 12.4. The summed E-state index contributed by atoms with van der Waals surface area (Å²) < 4.78 is 11.5. The Morgan fingerprint density at radius 2 is 1.85 bits per heavy atom. The molecule has 1 N–H and O–H groups in total. The molecule has 3 nitrogen and oxygen atoms in total. The van der Waals surface area contributed by atoms with E-state index in [9.17, 15) is 0 Å². The van der Waals surface area contributed by atoms with Crippen molar-refractivity contribution >= 4 is 0 Å². The summed E-state index contributed by atoms with van der Waals surface area (Å²) in [6.45, 7) is 4.64. The monoisotopic (exact) mass is 275 g/mol. The Morgan fingerprint density at radius 3 is 2.45 bits per heavy atom. The van der Waals surface area contributed by atoms with Gasteiger partial charge in [-0.3, -0.25) is 0 Å². The molecule has 0 spiro atoms. The molecule has 0 saturated heterocycles. The fourth-order valence-electron chi connectivity index (χ4n) is 2.56. The van der Waals surface area contributed by atoms with Gasteiger partial charge in [-0.25, -0.2) is 0 Å². The second-order valence-corrected chi connectivity index (χ2v) is 6.13. The first-order valence-corrected chi connectivity index (χ1v) is 7.89. The molecule has 0 heterocycles. The second kappa shape index (κ2) is 6.04. The maximum atomic E-state index is 5.94. The van der Waals surface area contributed by atoms with Gasteiger partial charge in [-0.1, -0.05) is 12.1 Å². The van der Waals surface area contributed by atoms with E-state index in [2.05, 4.69) is 5.32 Å². The molecule has 0 unspecified atom stereocenters. The highest BCUT2D eigenvalue weighted by molar-refractivity contribution is 5.39. The predicted molar refractivity (Wildman–Crippen MR) is 80.4 cm³/mol. The van der Waals surface area contributed by atoms with Crippen LogP contribution in [0.2, 0.25) is 0 Å². The Balaban J connectivity index is 1.44. The van der Waals surface area contributed by atoms with Crippen LogP contribution in [0.3, 0.4) is 0 Å². The zero-order valence-corrected chi connectivity index (χ0v) is 12.4. The van der Waals surface area contributed by atoms with Crippen LogP contribution in [-0.2, 0) is 0 Å². The normalized spacial score (nSPS) is 19.6. The third-order valence-electron chi connectivity index (χ3n) is 4.34. The molecular weight excluding hydrogens is 250 g/mol. The predicted octanol–water partition coefficient (Wildman–Crippen LogP) is 3.39. The molecule has 2 saturated carbocycles. The molecule has 0 amide bonds. The quantitative estimate of drug-likeness (QED) is 0.749. The first-order chi connectivity index (χ1) is 9.81. The Morgan fingerprint density at radius 1 is 1.15 bits per heavy atom. The van der Waals surface area contributed by atoms with Crippen molar-refractivity contribution in [2.75, 3.05) is 19.8 Å². The van der Waals surface area contributed by atoms with Gasteiger partial charge in [0.1, 0.15) is 0 Å². The van der Waals surface area contributed by atoms with Crippen molar-refractivity contribution in [3.05, 3.63) is 24.3 Å². The van der Waals surface area contributed by atoms with Gasteiger partial charge < -0.3 is 14.8 Å². The minimum Gasteiger partial charge on any atom is -0.490 e. The Hall–Kier alpha value is -1.22. The minimum atomic E-state index is 0.517. The van der Waals surface area contributed by atoms with E-state index in [4.69, 9.17) is 9.47 Å². The van der Waals surface area contributed by atoms with Gasteiger partial charge in [0.15, 0.2) is 11.5 Å². The lowest BCUT2D eigenvalue weighted by Gasteiger charge is -2.17. The van der Waals surface area contributed by atoms with Crippen LogP contribution in [0.15, 0.2) is 24.3 Å². The summed E-state index contributed by atoms with van der Waals surface area (Å²) in [5.74, 6) is 1.73. The lowest BCUT2D eigenvalue weighted by molar-refractivity contribution is 0.245. The van der Waals surface area contributed by atoms with E-state index in [1.165, 1.54) is 32.2 Å². The Kier molecular flexibility index (Phi) is 4.16. The summed E-state index contributed by atoms with van der Waals surface area (Å²) >= 11 is 0. The summed E-state index contributed by atoms with van der Waals surface area (Å²) in [6.07, 6.45) is 6.59. The lowest BCUT2D eigenvalue weighted by Crippen LogP contribution is -2.27. The van der Waals surface area contributed by atoms with Crippen molar-refractivity contribution < 1.29 is 9.47 Å². The van der Waals surface area contributed by atoms with Crippen LogP contribution in [-0.4, -0.2) is 25.8 Å². The molecular formula is C17H25NO2. The van der Waals surface area contributed by atoms with E-state index in [1.807, 2.05) is 31.2 Å². The Labute approximate surface area is 121 Å². The van der Waals surface area contributed by atoms with E-state index >= 15 is 0 Å². The first-order valence-electron chi connectivity index (χ1n) is 7.89. The Bertz CT molecular complexity index is 438. The van der Waals surface area contributed by atoms with E-state index < -0.39 is 0 Å². The van der Waals surface area contributed by atoms with Gasteiger partial charge in [-0.05, 0) is 56.6 Å². The molecule has 3 heteroatoms. The van der Waals surface area contributed by atoms with Crippen molar-refractivity contribution in [2.45, 2.75) is 45.1 Å². The average Bonchev–Trinajstić information content (AvgIpc) is 3.35. The fourth-order valence-corrected chi connectivity index (χ4v) is 2.56. The van der Waals surface area contributed by atoms with Crippen LogP contribution in [0, 0.1) is 5.41 Å². The van der Waals surface area contributed by atoms with Gasteiger partial charge in [0.2, 0.25) is 0 Å². The van der Waals surface area contributed by atoms with E-state index in [1.54, 1.807) is 0 Å². The SMILES string of the molecule is CCOc1ccccc1OCCC1(CNC2CC2)CC1. The standard InChI is InChI=1S/C17H25NO2/c1-2-19-15-5-3-4-6-16(15)20-12-11-17(9-10-17)13-18-14-7-8-14/h3-6,14,18H,2,7-13H2,1H3. The molecule has 20 heavy (non-hydrogen) atoms. The number of hydrogen-bond donors (Lipinski definition) is 1. The topological polar surface area (TPSA) is 30.5 Å². The van der Waals surface area contributed by atoms with Crippen LogP contribution in [0.5, 0.6) is 11.5 Å². The van der Waals surface area contributed by atoms with Crippen LogP contribution in [0.1, 0.15) is 39.0 Å². The number of para-hydroxylation sites is 2. The van der Waals surface area contributed by atoms with Gasteiger partial charge in [0, 0.05) is 12.6 Å². The van der Waals surface area contributed by atoms with Crippen LogP contribution in [0.4, 0.5) is 0 Å². The summed E-state index contributed by atoms with van der Waals surface area (Å²) in [7, 11) is 0. The molecule has 1 aromatic carbocycles. The molecule has 2 aliphatic carbocycles. The van der Waals surface area contributed by atoms with Crippen LogP contribution in [0.25, 0.3) is 0 Å². The highest BCUT2D eigenvalue weighted by atomic mass is 16.5. The highest BCUT2D eigenvalue weighted by Crippen LogP contribution is 2.48. The minimum absolute atomic E-state index is 0.517. The van der Waals surface area contributed by atoms with Crippen molar-refractivity contribution in [1.82, 2.24) is 5.32 Å². The summed E-state index contributed by atoms with van der Waals surface area (Å²) in [5.41, 5.74) is 0.517. The third-order valence-corrected chi connectivity index (χ3v) is 4.34. The maximum absolute atomic E-state index is 5.94. The van der Waals surface area contributed by atoms with Crippen LogP contribution >= 0.6 is 0 Å². The van der Waals surface area contributed by atoms with Crippen molar-refractivity contribution in [3.63, 3.8) is 0 Å². The van der Waals surface area contributed by atoms with Gasteiger partial charge in [0.25, 0.3) is 0 Å². The van der Waals surface area contributed by atoms with Crippen molar-refractivity contribution in [1.29, 1.82) is 0 Å².